The maximum Gasteiger partial charge on any atom is -0.0131 e. The van der Waals surface area contributed by atoms with Crippen LogP contribution < -0.4 is 0 Å². The van der Waals surface area contributed by atoms with Gasteiger partial charge in [0.25, 0.3) is 0 Å². The molecule has 1 unspecified atom stereocenters. The predicted molar refractivity (Wildman–Crippen MR) is 32.8 cm³/mol. The maximum absolute atomic E-state index is 4.59. The molecule has 0 bridgehead atoms. The Balaban J connectivity index is 2.96. The molecule has 0 fully saturated rings. The molecule has 0 aliphatic rings. The van der Waals surface area contributed by atoms with Crippen molar-refractivity contribution in [2.45, 2.75) is 13.3 Å². The first-order valence-electron chi connectivity index (χ1n) is 2.09. The van der Waals surface area contributed by atoms with Crippen molar-refractivity contribution in [3.8, 4) is 0 Å². The van der Waals surface area contributed by atoms with Crippen LogP contribution in [0.3, 0.4) is 0 Å². The molecular formula is C5H9S. The van der Waals surface area contributed by atoms with E-state index in [1.165, 1.54) is 0 Å². The van der Waals surface area contributed by atoms with E-state index in [-0.39, 0.29) is 0 Å². The molecule has 0 aliphatic heterocycles. The van der Waals surface area contributed by atoms with Crippen LogP contribution in [0.25, 0.3) is 0 Å². The molecule has 0 spiro atoms. The monoisotopic (exact) mass is 101 g/mol. The fraction of sp³-hybridized carbons (Fsp3) is 0.600. The molecule has 1 radical (unpaired) electrons. The van der Waals surface area contributed by atoms with E-state index in [0.717, 1.165) is 6.42 Å². The van der Waals surface area contributed by atoms with Crippen molar-refractivity contribution in [2.24, 2.45) is 5.92 Å². The molecule has 1 heteroatoms. The van der Waals surface area contributed by atoms with Crippen molar-refractivity contribution >= 4 is 17.6 Å². The molecule has 0 rings (SSSR count). The first-order chi connectivity index (χ1) is 2.81. The Morgan fingerprint density at radius 1 is 2.00 bits per heavy atom. The highest BCUT2D eigenvalue weighted by Crippen LogP contribution is 1.92. The number of thiocarbonyl (C=S) groups is 1. The SMILES string of the molecule is [CH2]C(C=S)CC. The standard InChI is InChI=1S/C5H9S/c1-3-5(2)4-6/h4-5H,2-3H2,1H3. The van der Waals surface area contributed by atoms with Crippen LogP contribution in [-0.4, -0.2) is 5.37 Å². The summed E-state index contributed by atoms with van der Waals surface area (Å²) in [5, 5.41) is 1.69. The summed E-state index contributed by atoms with van der Waals surface area (Å²) in [6.45, 7) is 5.79. The van der Waals surface area contributed by atoms with Crippen molar-refractivity contribution in [3.63, 3.8) is 0 Å². The predicted octanol–water partition coefficient (Wildman–Crippen LogP) is 1.85. The Morgan fingerprint density at radius 2 is 2.50 bits per heavy atom. The summed E-state index contributed by atoms with van der Waals surface area (Å²) in [7, 11) is 0. The molecule has 0 N–H and O–H groups in total. The summed E-state index contributed by atoms with van der Waals surface area (Å²) in [6, 6.07) is 0. The second kappa shape index (κ2) is 3.29. The van der Waals surface area contributed by atoms with E-state index in [0.29, 0.717) is 5.92 Å². The third kappa shape index (κ3) is 2.33. The Morgan fingerprint density at radius 3 is 2.50 bits per heavy atom. The molecule has 0 aromatic rings. The topological polar surface area (TPSA) is 0 Å². The molecule has 0 amide bonds. The van der Waals surface area contributed by atoms with Gasteiger partial charge in [-0.05, 0) is 24.6 Å². The van der Waals surface area contributed by atoms with Crippen molar-refractivity contribution in [2.75, 3.05) is 0 Å². The van der Waals surface area contributed by atoms with E-state index in [1.54, 1.807) is 5.37 Å². The van der Waals surface area contributed by atoms with Gasteiger partial charge >= 0.3 is 0 Å². The van der Waals surface area contributed by atoms with Crippen LogP contribution in [0.15, 0.2) is 0 Å². The number of hydrogen-bond acceptors (Lipinski definition) is 1. The van der Waals surface area contributed by atoms with Gasteiger partial charge in [0.2, 0.25) is 0 Å². The average Bonchev–Trinajstić information content (AvgIpc) is 1.65. The molecule has 0 saturated heterocycles. The number of rotatable bonds is 2. The molecule has 0 aromatic carbocycles. The lowest BCUT2D eigenvalue weighted by atomic mass is 10.2. The van der Waals surface area contributed by atoms with Crippen LogP contribution in [0.1, 0.15) is 13.3 Å². The fourth-order valence-electron chi connectivity index (χ4n) is 0.0962. The van der Waals surface area contributed by atoms with Crippen LogP contribution in [0.5, 0.6) is 0 Å². The average molecular weight is 101 g/mol. The third-order valence-corrected chi connectivity index (χ3v) is 1.10. The Bertz CT molecular complexity index is 41.2. The van der Waals surface area contributed by atoms with Gasteiger partial charge in [0.15, 0.2) is 0 Å². The summed E-state index contributed by atoms with van der Waals surface area (Å²) < 4.78 is 0. The fourth-order valence-corrected chi connectivity index (χ4v) is 0.289. The van der Waals surface area contributed by atoms with E-state index in [4.69, 9.17) is 0 Å². The summed E-state index contributed by atoms with van der Waals surface area (Å²) in [5.41, 5.74) is 0. The minimum absolute atomic E-state index is 0.375. The molecule has 0 aliphatic carbocycles. The first-order valence-corrected chi connectivity index (χ1v) is 2.56. The van der Waals surface area contributed by atoms with Gasteiger partial charge < -0.3 is 0 Å². The van der Waals surface area contributed by atoms with Crippen LogP contribution in [-0.2, 0) is 0 Å². The minimum Gasteiger partial charge on any atom is -0.0932 e. The normalized spacial score (nSPS) is 13.7. The molecule has 0 saturated carbocycles. The highest BCUT2D eigenvalue weighted by Gasteiger charge is 1.86. The van der Waals surface area contributed by atoms with Gasteiger partial charge in [-0.2, -0.15) is 0 Å². The van der Waals surface area contributed by atoms with Gasteiger partial charge in [-0.25, -0.2) is 0 Å². The summed E-state index contributed by atoms with van der Waals surface area (Å²) in [6.07, 6.45) is 1.06. The van der Waals surface area contributed by atoms with Crippen LogP contribution in [0, 0.1) is 12.8 Å². The highest BCUT2D eigenvalue weighted by atomic mass is 32.1. The summed E-state index contributed by atoms with van der Waals surface area (Å²) in [4.78, 5) is 0. The van der Waals surface area contributed by atoms with E-state index < -0.39 is 0 Å². The van der Waals surface area contributed by atoms with Crippen molar-refractivity contribution in [3.05, 3.63) is 6.92 Å². The Labute approximate surface area is 44.6 Å². The molecule has 0 heterocycles. The quantitative estimate of drug-likeness (QED) is 0.478. The number of hydrogen-bond donors (Lipinski definition) is 0. The maximum atomic E-state index is 4.59. The van der Waals surface area contributed by atoms with Gasteiger partial charge in [-0.1, -0.05) is 19.1 Å². The summed E-state index contributed by atoms with van der Waals surface area (Å²) in [5.74, 6) is 0.375. The van der Waals surface area contributed by atoms with E-state index in [2.05, 4.69) is 26.1 Å². The molecular weight excluding hydrogens is 92.1 g/mol. The Hall–Kier alpha value is 0.0900. The zero-order chi connectivity index (χ0) is 4.99. The third-order valence-electron chi connectivity index (χ3n) is 0.717. The van der Waals surface area contributed by atoms with E-state index >= 15 is 0 Å². The molecule has 0 nitrogen and oxygen atoms in total. The lowest BCUT2D eigenvalue weighted by Crippen LogP contribution is -1.88. The van der Waals surface area contributed by atoms with Crippen molar-refractivity contribution < 1.29 is 0 Å². The second-order valence-corrected chi connectivity index (χ2v) is 1.58. The lowest BCUT2D eigenvalue weighted by molar-refractivity contribution is 0.837. The molecule has 0 aromatic heterocycles. The molecule has 1 atom stereocenters. The van der Waals surface area contributed by atoms with Crippen LogP contribution in [0.2, 0.25) is 0 Å². The summed E-state index contributed by atoms with van der Waals surface area (Å²) >= 11 is 4.59. The molecule has 6 heavy (non-hydrogen) atoms. The largest absolute Gasteiger partial charge is 0.0932 e. The van der Waals surface area contributed by atoms with E-state index in [9.17, 15) is 0 Å². The lowest BCUT2D eigenvalue weighted by Gasteiger charge is -1.92. The zero-order valence-electron chi connectivity index (χ0n) is 3.98. The highest BCUT2D eigenvalue weighted by molar-refractivity contribution is 7.79. The zero-order valence-corrected chi connectivity index (χ0v) is 4.79. The van der Waals surface area contributed by atoms with Gasteiger partial charge in [0.05, 0.1) is 0 Å². The first kappa shape index (κ1) is 6.09. The minimum atomic E-state index is 0.375. The van der Waals surface area contributed by atoms with Crippen LogP contribution in [0.4, 0.5) is 0 Å². The van der Waals surface area contributed by atoms with Gasteiger partial charge in [-0.3, -0.25) is 0 Å². The van der Waals surface area contributed by atoms with Crippen LogP contribution >= 0.6 is 12.2 Å². The van der Waals surface area contributed by atoms with Crippen molar-refractivity contribution in [1.82, 2.24) is 0 Å². The van der Waals surface area contributed by atoms with Gasteiger partial charge in [0.1, 0.15) is 0 Å². The molecule has 35 valence electrons. The van der Waals surface area contributed by atoms with Crippen molar-refractivity contribution in [1.29, 1.82) is 0 Å². The van der Waals surface area contributed by atoms with Gasteiger partial charge in [-0.15, -0.1) is 0 Å². The Kier molecular flexibility index (Phi) is 3.34. The second-order valence-electron chi connectivity index (χ2n) is 1.30. The smallest absolute Gasteiger partial charge is 0.0131 e. The van der Waals surface area contributed by atoms with Gasteiger partial charge in [0, 0.05) is 0 Å². The van der Waals surface area contributed by atoms with E-state index in [1.807, 2.05) is 0 Å².